The third-order valence-electron chi connectivity index (χ3n) is 4.07. The van der Waals surface area contributed by atoms with Gasteiger partial charge in [0.15, 0.2) is 0 Å². The number of amides is 1. The van der Waals surface area contributed by atoms with Gasteiger partial charge in [0.1, 0.15) is 0 Å². The van der Waals surface area contributed by atoms with Crippen LogP contribution >= 0.6 is 0 Å². The molecule has 0 aliphatic rings. The van der Waals surface area contributed by atoms with Gasteiger partial charge in [-0.15, -0.1) is 0 Å². The maximum atomic E-state index is 12.6. The number of aromatic amines is 1. The molecular weight excluding hydrogens is 300 g/mol. The molecule has 0 radical (unpaired) electrons. The van der Waals surface area contributed by atoms with Crippen LogP contribution in [0.5, 0.6) is 0 Å². The van der Waals surface area contributed by atoms with Crippen molar-refractivity contribution in [1.29, 1.82) is 0 Å². The molecule has 0 aliphatic carbocycles. The Morgan fingerprint density at radius 2 is 1.88 bits per heavy atom. The number of hydrogen-bond acceptors (Lipinski definition) is 3. The monoisotopic (exact) mass is 320 g/mol. The molecule has 24 heavy (non-hydrogen) atoms. The first-order valence-corrected chi connectivity index (χ1v) is 7.90. The number of benzene rings is 1. The molecule has 1 atom stereocenters. The number of nitrogens with one attached hydrogen (secondary N) is 2. The highest BCUT2D eigenvalue weighted by molar-refractivity contribution is 5.80. The van der Waals surface area contributed by atoms with E-state index in [1.165, 1.54) is 0 Å². The summed E-state index contributed by atoms with van der Waals surface area (Å²) in [6, 6.07) is 13.5. The second-order valence-electron chi connectivity index (χ2n) is 5.79. The van der Waals surface area contributed by atoms with E-state index < -0.39 is 0 Å². The largest absolute Gasteiger partial charge is 0.345 e. The van der Waals surface area contributed by atoms with Crippen molar-refractivity contribution in [1.82, 2.24) is 20.5 Å². The van der Waals surface area contributed by atoms with E-state index in [0.29, 0.717) is 6.42 Å². The van der Waals surface area contributed by atoms with Gasteiger partial charge in [-0.1, -0.05) is 36.4 Å². The Labute approximate surface area is 141 Å². The smallest absolute Gasteiger partial charge is 0.225 e. The second kappa shape index (κ2) is 7.08. The molecule has 0 unspecified atom stereocenters. The van der Waals surface area contributed by atoms with E-state index in [-0.39, 0.29) is 11.9 Å². The molecule has 1 aromatic carbocycles. The molecule has 0 saturated heterocycles. The Kier molecular flexibility index (Phi) is 4.70. The van der Waals surface area contributed by atoms with Gasteiger partial charge >= 0.3 is 0 Å². The predicted molar refractivity (Wildman–Crippen MR) is 92.4 cm³/mol. The third-order valence-corrected chi connectivity index (χ3v) is 4.07. The molecule has 2 heterocycles. The lowest BCUT2D eigenvalue weighted by atomic mass is 9.99. The first-order valence-electron chi connectivity index (χ1n) is 7.90. The molecular formula is C19H20N4O. The molecule has 5 heteroatoms. The topological polar surface area (TPSA) is 70.7 Å². The molecule has 0 aliphatic heterocycles. The highest BCUT2D eigenvalue weighted by atomic mass is 16.1. The van der Waals surface area contributed by atoms with Gasteiger partial charge in [-0.25, -0.2) is 0 Å². The zero-order valence-corrected chi connectivity index (χ0v) is 13.8. The Bertz CT molecular complexity index is 753. The predicted octanol–water partition coefficient (Wildman–Crippen LogP) is 2.87. The molecule has 122 valence electrons. The third kappa shape index (κ3) is 3.51. The lowest BCUT2D eigenvalue weighted by Gasteiger charge is -2.19. The van der Waals surface area contributed by atoms with Crippen LogP contribution in [0.1, 0.15) is 34.1 Å². The van der Waals surface area contributed by atoms with Crippen molar-refractivity contribution in [3.63, 3.8) is 0 Å². The number of nitrogens with zero attached hydrogens (tertiary/aromatic N) is 2. The fourth-order valence-corrected chi connectivity index (χ4v) is 2.76. The molecule has 0 saturated carbocycles. The summed E-state index contributed by atoms with van der Waals surface area (Å²) < 4.78 is 0. The number of hydrogen-bond donors (Lipinski definition) is 2. The lowest BCUT2D eigenvalue weighted by molar-refractivity contribution is -0.121. The Morgan fingerprint density at radius 1 is 1.12 bits per heavy atom. The highest BCUT2D eigenvalue weighted by Gasteiger charge is 2.18. The fourth-order valence-electron chi connectivity index (χ4n) is 2.76. The maximum absolute atomic E-state index is 12.6. The zero-order valence-electron chi connectivity index (χ0n) is 13.8. The number of rotatable bonds is 5. The van der Waals surface area contributed by atoms with Gasteiger partial charge in [0.2, 0.25) is 5.91 Å². The summed E-state index contributed by atoms with van der Waals surface area (Å²) in [6.45, 7) is 3.83. The van der Waals surface area contributed by atoms with E-state index in [1.807, 2.05) is 56.3 Å². The first-order chi connectivity index (χ1) is 11.6. The van der Waals surface area contributed by atoms with E-state index in [9.17, 15) is 4.79 Å². The van der Waals surface area contributed by atoms with E-state index in [0.717, 1.165) is 28.1 Å². The van der Waals surface area contributed by atoms with Crippen LogP contribution in [0.15, 0.2) is 54.9 Å². The summed E-state index contributed by atoms with van der Waals surface area (Å²) in [5.74, 6) is -0.0414. The average molecular weight is 320 g/mol. The van der Waals surface area contributed by atoms with Crippen molar-refractivity contribution in [2.24, 2.45) is 0 Å². The second-order valence-corrected chi connectivity index (χ2v) is 5.79. The van der Waals surface area contributed by atoms with Gasteiger partial charge in [-0.3, -0.25) is 14.9 Å². The fraction of sp³-hybridized carbons (Fsp3) is 0.211. The van der Waals surface area contributed by atoms with E-state index in [2.05, 4.69) is 20.5 Å². The molecule has 3 aromatic rings. The maximum Gasteiger partial charge on any atom is 0.225 e. The van der Waals surface area contributed by atoms with Gasteiger partial charge in [0, 0.05) is 23.7 Å². The summed E-state index contributed by atoms with van der Waals surface area (Å²) in [5.41, 5.74) is 4.73. The minimum atomic E-state index is -0.222. The Hall–Kier alpha value is -2.95. The van der Waals surface area contributed by atoms with Crippen LogP contribution in [0.2, 0.25) is 0 Å². The molecule has 2 N–H and O–H groups in total. The van der Waals surface area contributed by atoms with Crippen LogP contribution in [-0.4, -0.2) is 21.1 Å². The molecule has 2 aromatic heterocycles. The summed E-state index contributed by atoms with van der Waals surface area (Å²) in [4.78, 5) is 16.8. The van der Waals surface area contributed by atoms with Crippen LogP contribution in [0.3, 0.4) is 0 Å². The van der Waals surface area contributed by atoms with Gasteiger partial charge in [0.05, 0.1) is 18.2 Å². The van der Waals surface area contributed by atoms with Crippen LogP contribution in [0, 0.1) is 13.8 Å². The standard InChI is InChI=1S/C19H20N4O/c1-13-17(14(2)23-22-13)11-18(24)21-19(15-7-4-3-5-8-15)16-9-6-10-20-12-16/h3-10,12,19H,11H2,1-2H3,(H,21,24)(H,22,23)/t19-/m1/s1. The molecule has 0 fully saturated rings. The first kappa shape index (κ1) is 15.9. The summed E-state index contributed by atoms with van der Waals surface area (Å²) >= 11 is 0. The quantitative estimate of drug-likeness (QED) is 0.759. The average Bonchev–Trinajstić information content (AvgIpc) is 2.93. The molecule has 0 bridgehead atoms. The number of aryl methyl sites for hydroxylation is 2. The lowest BCUT2D eigenvalue weighted by Crippen LogP contribution is -2.30. The minimum absolute atomic E-state index is 0.0414. The van der Waals surface area contributed by atoms with Crippen molar-refractivity contribution in [3.05, 3.63) is 82.9 Å². The Balaban J connectivity index is 1.83. The zero-order chi connectivity index (χ0) is 16.9. The highest BCUT2D eigenvalue weighted by Crippen LogP contribution is 2.21. The van der Waals surface area contributed by atoms with Gasteiger partial charge in [-0.2, -0.15) is 5.10 Å². The number of pyridine rings is 1. The van der Waals surface area contributed by atoms with Gasteiger partial charge < -0.3 is 5.32 Å². The van der Waals surface area contributed by atoms with Gasteiger partial charge in [-0.05, 0) is 31.0 Å². The van der Waals surface area contributed by atoms with Crippen LogP contribution < -0.4 is 5.32 Å². The Morgan fingerprint density at radius 3 is 2.50 bits per heavy atom. The van der Waals surface area contributed by atoms with E-state index in [1.54, 1.807) is 12.4 Å². The van der Waals surface area contributed by atoms with Gasteiger partial charge in [0.25, 0.3) is 0 Å². The normalized spacial score (nSPS) is 11.9. The van der Waals surface area contributed by atoms with Crippen LogP contribution in [-0.2, 0) is 11.2 Å². The molecule has 1 amide bonds. The number of carbonyl (C=O) groups excluding carboxylic acids is 1. The summed E-state index contributed by atoms with van der Waals surface area (Å²) in [6.07, 6.45) is 3.82. The number of carbonyl (C=O) groups is 1. The van der Waals surface area contributed by atoms with Crippen molar-refractivity contribution < 1.29 is 4.79 Å². The van der Waals surface area contributed by atoms with Crippen molar-refractivity contribution in [2.75, 3.05) is 0 Å². The SMILES string of the molecule is Cc1n[nH]c(C)c1CC(=O)N[C@H](c1ccccc1)c1cccnc1. The number of H-pyrrole nitrogens is 1. The molecule has 3 rings (SSSR count). The van der Waals surface area contributed by atoms with Crippen LogP contribution in [0.25, 0.3) is 0 Å². The van der Waals surface area contributed by atoms with E-state index >= 15 is 0 Å². The summed E-state index contributed by atoms with van der Waals surface area (Å²) in [5, 5.41) is 10.2. The number of aromatic nitrogens is 3. The summed E-state index contributed by atoms with van der Waals surface area (Å²) in [7, 11) is 0. The van der Waals surface area contributed by atoms with Crippen molar-refractivity contribution in [2.45, 2.75) is 26.3 Å². The van der Waals surface area contributed by atoms with E-state index in [4.69, 9.17) is 0 Å². The molecule has 5 nitrogen and oxygen atoms in total. The van der Waals surface area contributed by atoms with Crippen LogP contribution in [0.4, 0.5) is 0 Å². The minimum Gasteiger partial charge on any atom is -0.345 e. The van der Waals surface area contributed by atoms with Crippen molar-refractivity contribution >= 4 is 5.91 Å². The molecule has 0 spiro atoms. The van der Waals surface area contributed by atoms with Crippen molar-refractivity contribution in [3.8, 4) is 0 Å².